The summed E-state index contributed by atoms with van der Waals surface area (Å²) in [6, 6.07) is 8.04. The van der Waals surface area contributed by atoms with Crippen LogP contribution in [0.1, 0.15) is 12.0 Å². The second-order valence-electron chi connectivity index (χ2n) is 3.86. The summed E-state index contributed by atoms with van der Waals surface area (Å²) in [6.07, 6.45) is 3.77. The van der Waals surface area contributed by atoms with Gasteiger partial charge in [-0.25, -0.2) is 4.79 Å². The summed E-state index contributed by atoms with van der Waals surface area (Å²) in [7, 11) is 0. The number of carbonyl (C=O) groups excluding carboxylic acids is 1. The average molecular weight is 216 g/mol. The third kappa shape index (κ3) is 2.08. The van der Waals surface area contributed by atoms with E-state index in [-0.39, 0.29) is 6.03 Å². The summed E-state index contributed by atoms with van der Waals surface area (Å²) in [6.45, 7) is 4.89. The molecule has 0 atom stereocenters. The number of urea groups is 1. The maximum Gasteiger partial charge on any atom is 0.322 e. The van der Waals surface area contributed by atoms with Gasteiger partial charge in [0, 0.05) is 18.8 Å². The fraction of sp³-hybridized carbons (Fsp3) is 0.308. The number of amides is 2. The Balaban J connectivity index is 2.18. The van der Waals surface area contributed by atoms with Gasteiger partial charge in [0.05, 0.1) is 0 Å². The van der Waals surface area contributed by atoms with Crippen LogP contribution < -0.4 is 10.2 Å². The molecule has 3 heteroatoms. The van der Waals surface area contributed by atoms with Gasteiger partial charge in [-0.05, 0) is 24.5 Å². The predicted octanol–water partition coefficient (Wildman–Crippen LogP) is 2.33. The molecule has 0 unspecified atom stereocenters. The average Bonchev–Trinajstić information content (AvgIpc) is 2.35. The van der Waals surface area contributed by atoms with Crippen molar-refractivity contribution in [3.05, 3.63) is 42.5 Å². The summed E-state index contributed by atoms with van der Waals surface area (Å²) in [5, 5.41) is 2.81. The van der Waals surface area contributed by atoms with E-state index in [1.54, 1.807) is 6.08 Å². The first kappa shape index (κ1) is 10.7. The molecule has 1 aliphatic rings. The van der Waals surface area contributed by atoms with Gasteiger partial charge < -0.3 is 5.32 Å². The molecular formula is C13H16N2O. The summed E-state index contributed by atoms with van der Waals surface area (Å²) in [5.41, 5.74) is 2.29. The molecule has 0 aromatic heterocycles. The summed E-state index contributed by atoms with van der Waals surface area (Å²) >= 11 is 0. The standard InChI is InChI=1S/C13H16N2O/c1-2-9-14-13(16)15-10-5-7-11-6-3-4-8-12(11)15/h2-4,6,8H,1,5,7,9-10H2,(H,14,16). The third-order valence-electron chi connectivity index (χ3n) is 2.75. The lowest BCUT2D eigenvalue weighted by Crippen LogP contribution is -2.42. The monoisotopic (exact) mass is 216 g/mol. The number of fused-ring (bicyclic) bond motifs is 1. The number of rotatable bonds is 2. The van der Waals surface area contributed by atoms with Crippen LogP contribution in [-0.2, 0) is 6.42 Å². The maximum absolute atomic E-state index is 11.9. The number of nitrogens with zero attached hydrogens (tertiary/aromatic N) is 1. The Hall–Kier alpha value is -1.77. The van der Waals surface area contributed by atoms with Crippen LogP contribution in [0.5, 0.6) is 0 Å². The SMILES string of the molecule is C=CCNC(=O)N1CCCc2ccccc21. The molecular weight excluding hydrogens is 200 g/mol. The molecule has 16 heavy (non-hydrogen) atoms. The molecule has 2 rings (SSSR count). The van der Waals surface area contributed by atoms with Gasteiger partial charge in [-0.2, -0.15) is 0 Å². The zero-order valence-electron chi connectivity index (χ0n) is 9.28. The lowest BCUT2D eigenvalue weighted by atomic mass is 10.0. The van der Waals surface area contributed by atoms with E-state index < -0.39 is 0 Å². The second kappa shape index (κ2) is 4.84. The van der Waals surface area contributed by atoms with Crippen LogP contribution >= 0.6 is 0 Å². The second-order valence-corrected chi connectivity index (χ2v) is 3.86. The Kier molecular flexibility index (Phi) is 3.25. The first-order valence-electron chi connectivity index (χ1n) is 5.57. The molecule has 0 spiro atoms. The van der Waals surface area contributed by atoms with E-state index in [0.717, 1.165) is 25.1 Å². The van der Waals surface area contributed by atoms with Gasteiger partial charge in [-0.1, -0.05) is 24.3 Å². The quantitative estimate of drug-likeness (QED) is 0.756. The zero-order chi connectivity index (χ0) is 11.4. The highest BCUT2D eigenvalue weighted by Crippen LogP contribution is 2.26. The minimum Gasteiger partial charge on any atom is -0.334 e. The largest absolute Gasteiger partial charge is 0.334 e. The molecule has 1 aliphatic heterocycles. The summed E-state index contributed by atoms with van der Waals surface area (Å²) in [4.78, 5) is 13.7. The molecule has 3 nitrogen and oxygen atoms in total. The lowest BCUT2D eigenvalue weighted by Gasteiger charge is -2.29. The third-order valence-corrected chi connectivity index (χ3v) is 2.75. The molecule has 84 valence electrons. The molecule has 0 fully saturated rings. The van der Waals surface area contributed by atoms with Crippen molar-refractivity contribution < 1.29 is 4.79 Å². The molecule has 0 radical (unpaired) electrons. The topological polar surface area (TPSA) is 32.3 Å². The predicted molar refractivity (Wildman–Crippen MR) is 65.7 cm³/mol. The molecule has 1 N–H and O–H groups in total. The fourth-order valence-electron chi connectivity index (χ4n) is 2.00. The van der Waals surface area contributed by atoms with Crippen molar-refractivity contribution in [2.24, 2.45) is 0 Å². The fourth-order valence-corrected chi connectivity index (χ4v) is 2.00. The molecule has 2 amide bonds. The van der Waals surface area contributed by atoms with Crippen LogP contribution in [0.15, 0.2) is 36.9 Å². The normalized spacial score (nSPS) is 14.1. The highest BCUT2D eigenvalue weighted by atomic mass is 16.2. The van der Waals surface area contributed by atoms with Crippen molar-refractivity contribution in [1.82, 2.24) is 5.32 Å². The summed E-state index contributed by atoms with van der Waals surface area (Å²) < 4.78 is 0. The van der Waals surface area contributed by atoms with Gasteiger partial charge in [0.25, 0.3) is 0 Å². The van der Waals surface area contributed by atoms with Gasteiger partial charge in [0.1, 0.15) is 0 Å². The van der Waals surface area contributed by atoms with Crippen molar-refractivity contribution in [3.8, 4) is 0 Å². The Morgan fingerprint density at radius 3 is 3.12 bits per heavy atom. The number of nitrogens with one attached hydrogen (secondary N) is 1. The van der Waals surface area contributed by atoms with E-state index in [1.165, 1.54) is 5.56 Å². The highest BCUT2D eigenvalue weighted by molar-refractivity contribution is 5.93. The number of hydrogen-bond donors (Lipinski definition) is 1. The Labute approximate surface area is 95.8 Å². The molecule has 0 saturated carbocycles. The number of benzene rings is 1. The van der Waals surface area contributed by atoms with E-state index >= 15 is 0 Å². The van der Waals surface area contributed by atoms with Crippen LogP contribution in [-0.4, -0.2) is 19.1 Å². The maximum atomic E-state index is 11.9. The van der Waals surface area contributed by atoms with Gasteiger partial charge in [0.15, 0.2) is 0 Å². The lowest BCUT2D eigenvalue weighted by molar-refractivity contribution is 0.247. The number of carbonyl (C=O) groups is 1. The summed E-state index contributed by atoms with van der Waals surface area (Å²) in [5.74, 6) is 0. The van der Waals surface area contributed by atoms with Crippen molar-refractivity contribution in [2.75, 3.05) is 18.0 Å². The van der Waals surface area contributed by atoms with E-state index in [4.69, 9.17) is 0 Å². The molecule has 0 saturated heterocycles. The van der Waals surface area contributed by atoms with Crippen molar-refractivity contribution in [1.29, 1.82) is 0 Å². The first-order valence-corrected chi connectivity index (χ1v) is 5.57. The molecule has 0 aliphatic carbocycles. The Bertz CT molecular complexity index is 401. The number of para-hydroxylation sites is 1. The van der Waals surface area contributed by atoms with Gasteiger partial charge in [0.2, 0.25) is 0 Å². The molecule has 1 aromatic carbocycles. The van der Waals surface area contributed by atoms with Crippen LogP contribution in [0.25, 0.3) is 0 Å². The highest BCUT2D eigenvalue weighted by Gasteiger charge is 2.21. The van der Waals surface area contributed by atoms with Gasteiger partial charge in [-0.3, -0.25) is 4.90 Å². The van der Waals surface area contributed by atoms with Crippen molar-refractivity contribution in [3.63, 3.8) is 0 Å². The number of anilines is 1. The van der Waals surface area contributed by atoms with Crippen LogP contribution in [0, 0.1) is 0 Å². The molecule has 1 heterocycles. The van der Waals surface area contributed by atoms with Gasteiger partial charge in [-0.15, -0.1) is 6.58 Å². The molecule has 0 bridgehead atoms. The van der Waals surface area contributed by atoms with Crippen LogP contribution in [0.4, 0.5) is 10.5 Å². The number of hydrogen-bond acceptors (Lipinski definition) is 1. The number of aryl methyl sites for hydroxylation is 1. The molecule has 1 aromatic rings. The first-order chi connectivity index (χ1) is 7.83. The van der Waals surface area contributed by atoms with E-state index in [2.05, 4.69) is 18.0 Å². The Morgan fingerprint density at radius 1 is 1.50 bits per heavy atom. The van der Waals surface area contributed by atoms with Crippen LogP contribution in [0.2, 0.25) is 0 Å². The van der Waals surface area contributed by atoms with Crippen molar-refractivity contribution in [2.45, 2.75) is 12.8 Å². The smallest absolute Gasteiger partial charge is 0.322 e. The Morgan fingerprint density at radius 2 is 2.31 bits per heavy atom. The van der Waals surface area contributed by atoms with Crippen molar-refractivity contribution >= 4 is 11.7 Å². The minimum atomic E-state index is -0.0351. The van der Waals surface area contributed by atoms with Crippen LogP contribution in [0.3, 0.4) is 0 Å². The van der Waals surface area contributed by atoms with Gasteiger partial charge >= 0.3 is 6.03 Å². The van der Waals surface area contributed by atoms with E-state index in [0.29, 0.717) is 6.54 Å². The van der Waals surface area contributed by atoms with E-state index in [9.17, 15) is 4.79 Å². The van der Waals surface area contributed by atoms with E-state index in [1.807, 2.05) is 23.1 Å². The minimum absolute atomic E-state index is 0.0351. The zero-order valence-corrected chi connectivity index (χ0v) is 9.28.